The van der Waals surface area contributed by atoms with Gasteiger partial charge in [0.2, 0.25) is 0 Å². The predicted molar refractivity (Wildman–Crippen MR) is 153 cm³/mol. The smallest absolute Gasteiger partial charge is 0.0973 e. The Labute approximate surface area is 217 Å². The molecule has 1 aromatic heterocycles. The predicted octanol–water partition coefficient (Wildman–Crippen LogP) is 8.94. The molecule has 1 heterocycles. The maximum atomic E-state index is 5.16. The Morgan fingerprint density at radius 2 is 0.946 bits per heavy atom. The van der Waals surface area contributed by atoms with E-state index in [9.17, 15) is 0 Å². The van der Waals surface area contributed by atoms with Gasteiger partial charge in [-0.3, -0.25) is 0 Å². The zero-order chi connectivity index (χ0) is 25.0. The van der Waals surface area contributed by atoms with Crippen molar-refractivity contribution in [2.24, 2.45) is 0 Å². The summed E-state index contributed by atoms with van der Waals surface area (Å²) in [5.41, 5.74) is 13.5. The van der Waals surface area contributed by atoms with Crippen LogP contribution in [-0.4, -0.2) is 9.97 Å². The molecule has 0 N–H and O–H groups in total. The molecule has 1 aliphatic rings. The van der Waals surface area contributed by atoms with Crippen LogP contribution >= 0.6 is 0 Å². The summed E-state index contributed by atoms with van der Waals surface area (Å²) in [5, 5.41) is 0. The fraction of sp³-hybridized carbons (Fsp3) is 0.0857. The van der Waals surface area contributed by atoms with E-state index < -0.39 is 0 Å². The quantitative estimate of drug-likeness (QED) is 0.256. The lowest BCUT2D eigenvalue weighted by atomic mass is 9.81. The minimum atomic E-state index is -0.0658. The molecule has 5 aromatic carbocycles. The number of nitrogens with zero attached hydrogens (tertiary/aromatic N) is 2. The fourth-order valence-electron chi connectivity index (χ4n) is 5.71. The Bertz CT molecular complexity index is 1780. The second-order valence-electron chi connectivity index (χ2n) is 10.3. The van der Waals surface area contributed by atoms with Gasteiger partial charge in [0.15, 0.2) is 0 Å². The van der Waals surface area contributed by atoms with Crippen molar-refractivity contribution in [3.05, 3.63) is 132 Å². The molecule has 2 heteroatoms. The van der Waals surface area contributed by atoms with Crippen molar-refractivity contribution in [3.63, 3.8) is 0 Å². The summed E-state index contributed by atoms with van der Waals surface area (Å²) in [6.45, 7) is 4.63. The third-order valence-corrected chi connectivity index (χ3v) is 7.69. The molecular formula is C35H26N2. The molecule has 0 fully saturated rings. The Morgan fingerprint density at radius 1 is 0.432 bits per heavy atom. The largest absolute Gasteiger partial charge is 0.244 e. The summed E-state index contributed by atoms with van der Waals surface area (Å²) in [7, 11) is 0. The lowest BCUT2D eigenvalue weighted by molar-refractivity contribution is 0.660. The Morgan fingerprint density at radius 3 is 1.68 bits per heavy atom. The molecule has 0 radical (unpaired) electrons. The molecule has 0 amide bonds. The lowest BCUT2D eigenvalue weighted by Crippen LogP contribution is -2.15. The van der Waals surface area contributed by atoms with Gasteiger partial charge in [0.25, 0.3) is 0 Å². The van der Waals surface area contributed by atoms with Gasteiger partial charge in [0.05, 0.1) is 22.4 Å². The summed E-state index contributed by atoms with van der Waals surface area (Å²) >= 11 is 0. The van der Waals surface area contributed by atoms with E-state index >= 15 is 0 Å². The molecule has 2 nitrogen and oxygen atoms in total. The van der Waals surface area contributed by atoms with E-state index in [2.05, 4.69) is 105 Å². The van der Waals surface area contributed by atoms with E-state index in [0.29, 0.717) is 0 Å². The first-order valence-corrected chi connectivity index (χ1v) is 12.8. The van der Waals surface area contributed by atoms with Gasteiger partial charge >= 0.3 is 0 Å². The van der Waals surface area contributed by atoms with Crippen LogP contribution < -0.4 is 0 Å². The standard InChI is InChI=1S/C35H26N2/c1-35(2)29-13-7-6-12-27(29)28-21-20-26(22-30(28)35)34-33(36-31-14-8-9-15-32(31)37-34)25-18-16-24(17-19-25)23-10-4-3-5-11-23/h3-22H,1-2H3. The summed E-state index contributed by atoms with van der Waals surface area (Å²) in [6.07, 6.45) is 0. The first kappa shape index (κ1) is 21.7. The molecule has 1 aliphatic carbocycles. The Balaban J connectivity index is 1.40. The molecule has 176 valence electrons. The molecule has 0 saturated heterocycles. The van der Waals surface area contributed by atoms with Gasteiger partial charge in [-0.2, -0.15) is 0 Å². The van der Waals surface area contributed by atoms with E-state index in [0.717, 1.165) is 33.5 Å². The zero-order valence-electron chi connectivity index (χ0n) is 20.9. The van der Waals surface area contributed by atoms with Gasteiger partial charge in [-0.15, -0.1) is 0 Å². The number of fused-ring (bicyclic) bond motifs is 4. The van der Waals surface area contributed by atoms with Crippen LogP contribution in [0, 0.1) is 0 Å². The van der Waals surface area contributed by atoms with Crippen LogP contribution in [0.2, 0.25) is 0 Å². The Hall–Kier alpha value is -4.56. The van der Waals surface area contributed by atoms with Gasteiger partial charge in [0, 0.05) is 16.5 Å². The molecule has 0 unspecified atom stereocenters. The molecule has 0 bridgehead atoms. The number of aromatic nitrogens is 2. The number of rotatable bonds is 3. The lowest BCUT2D eigenvalue weighted by Gasteiger charge is -2.22. The highest BCUT2D eigenvalue weighted by atomic mass is 14.8. The number of hydrogen-bond acceptors (Lipinski definition) is 2. The first-order valence-electron chi connectivity index (χ1n) is 12.8. The van der Waals surface area contributed by atoms with Crippen LogP contribution in [0.5, 0.6) is 0 Å². The number of para-hydroxylation sites is 2. The molecule has 7 rings (SSSR count). The highest BCUT2D eigenvalue weighted by Gasteiger charge is 2.35. The van der Waals surface area contributed by atoms with Crippen LogP contribution in [0.15, 0.2) is 121 Å². The summed E-state index contributed by atoms with van der Waals surface area (Å²) < 4.78 is 0. The molecule has 0 saturated carbocycles. The maximum Gasteiger partial charge on any atom is 0.0973 e. The van der Waals surface area contributed by atoms with Crippen molar-refractivity contribution in [2.45, 2.75) is 19.3 Å². The highest BCUT2D eigenvalue weighted by molar-refractivity contribution is 5.89. The van der Waals surface area contributed by atoms with E-state index in [1.165, 1.54) is 33.4 Å². The second-order valence-corrected chi connectivity index (χ2v) is 10.3. The summed E-state index contributed by atoms with van der Waals surface area (Å²) in [4.78, 5) is 10.3. The van der Waals surface area contributed by atoms with Crippen molar-refractivity contribution in [2.75, 3.05) is 0 Å². The van der Waals surface area contributed by atoms with Crippen molar-refractivity contribution in [1.29, 1.82) is 0 Å². The van der Waals surface area contributed by atoms with E-state index in [1.807, 2.05) is 30.3 Å². The van der Waals surface area contributed by atoms with E-state index in [1.54, 1.807) is 0 Å². The molecule has 0 spiro atoms. The normalized spacial score (nSPS) is 13.4. The van der Waals surface area contributed by atoms with E-state index in [-0.39, 0.29) is 5.41 Å². The topological polar surface area (TPSA) is 25.8 Å². The van der Waals surface area contributed by atoms with Crippen LogP contribution in [-0.2, 0) is 5.41 Å². The monoisotopic (exact) mass is 474 g/mol. The van der Waals surface area contributed by atoms with Gasteiger partial charge in [-0.05, 0) is 51.6 Å². The molecule has 0 atom stereocenters. The van der Waals surface area contributed by atoms with Gasteiger partial charge in [-0.1, -0.05) is 117 Å². The van der Waals surface area contributed by atoms with Crippen molar-refractivity contribution >= 4 is 11.0 Å². The molecular weight excluding hydrogens is 448 g/mol. The molecule has 37 heavy (non-hydrogen) atoms. The van der Waals surface area contributed by atoms with Gasteiger partial charge < -0.3 is 0 Å². The summed E-state index contributed by atoms with van der Waals surface area (Å²) in [6, 6.07) is 42.8. The molecule has 6 aromatic rings. The van der Waals surface area contributed by atoms with Crippen LogP contribution in [0.1, 0.15) is 25.0 Å². The fourth-order valence-corrected chi connectivity index (χ4v) is 5.71. The van der Waals surface area contributed by atoms with Crippen LogP contribution in [0.3, 0.4) is 0 Å². The highest BCUT2D eigenvalue weighted by Crippen LogP contribution is 2.49. The minimum Gasteiger partial charge on any atom is -0.244 e. The first-order chi connectivity index (χ1) is 18.1. The van der Waals surface area contributed by atoms with Gasteiger partial charge in [0.1, 0.15) is 0 Å². The maximum absolute atomic E-state index is 5.16. The average molecular weight is 475 g/mol. The summed E-state index contributed by atoms with van der Waals surface area (Å²) in [5.74, 6) is 0. The van der Waals surface area contributed by atoms with Crippen molar-refractivity contribution in [3.8, 4) is 44.8 Å². The SMILES string of the molecule is CC1(C)c2ccccc2-c2ccc(-c3nc4ccccc4nc3-c3ccc(-c4ccccc4)cc3)cc21. The Kier molecular flexibility index (Phi) is 4.84. The third kappa shape index (κ3) is 3.48. The average Bonchev–Trinajstić information content (AvgIpc) is 3.19. The second kappa shape index (κ2) is 8.25. The van der Waals surface area contributed by atoms with Crippen molar-refractivity contribution < 1.29 is 0 Å². The molecule has 0 aliphatic heterocycles. The van der Waals surface area contributed by atoms with Crippen LogP contribution in [0.25, 0.3) is 55.8 Å². The van der Waals surface area contributed by atoms with E-state index in [4.69, 9.17) is 9.97 Å². The van der Waals surface area contributed by atoms with Gasteiger partial charge in [-0.25, -0.2) is 9.97 Å². The number of hydrogen-bond donors (Lipinski definition) is 0. The number of benzene rings is 5. The third-order valence-electron chi connectivity index (χ3n) is 7.69. The zero-order valence-corrected chi connectivity index (χ0v) is 20.9. The van der Waals surface area contributed by atoms with Crippen LogP contribution in [0.4, 0.5) is 0 Å². The van der Waals surface area contributed by atoms with Crippen molar-refractivity contribution in [1.82, 2.24) is 9.97 Å². The minimum absolute atomic E-state index is 0.0658.